The van der Waals surface area contributed by atoms with Gasteiger partial charge in [-0.15, -0.1) is 0 Å². The summed E-state index contributed by atoms with van der Waals surface area (Å²) in [5.41, 5.74) is 10.6. The van der Waals surface area contributed by atoms with E-state index in [1.165, 1.54) is 7.11 Å². The lowest BCUT2D eigenvalue weighted by atomic mass is 10.1. The van der Waals surface area contributed by atoms with Gasteiger partial charge in [0.05, 0.1) is 18.4 Å². The summed E-state index contributed by atoms with van der Waals surface area (Å²) >= 11 is 0. The highest BCUT2D eigenvalue weighted by atomic mass is 16.5. The minimum atomic E-state index is -0.412. The monoisotopic (exact) mass is 270 g/mol. The molecule has 0 unspecified atom stereocenters. The summed E-state index contributed by atoms with van der Waals surface area (Å²) in [5, 5.41) is 3.27. The SMILES string of the molecule is COC(=O)c1cc(N)ccc1Nc1cc(C)ccc1C. The Morgan fingerprint density at radius 1 is 1.10 bits per heavy atom. The van der Waals surface area contributed by atoms with Gasteiger partial charge in [-0.25, -0.2) is 4.79 Å². The number of methoxy groups -OCH3 is 1. The highest BCUT2D eigenvalue weighted by molar-refractivity contribution is 5.97. The van der Waals surface area contributed by atoms with Gasteiger partial charge in [-0.1, -0.05) is 12.1 Å². The molecule has 0 amide bonds. The second-order valence-electron chi connectivity index (χ2n) is 4.74. The van der Waals surface area contributed by atoms with E-state index in [9.17, 15) is 4.79 Å². The Bertz CT molecular complexity index is 651. The minimum absolute atomic E-state index is 0.412. The number of anilines is 3. The first-order valence-corrected chi connectivity index (χ1v) is 6.33. The molecular formula is C16H18N2O2. The van der Waals surface area contributed by atoms with Crippen molar-refractivity contribution in [2.75, 3.05) is 18.2 Å². The summed E-state index contributed by atoms with van der Waals surface area (Å²) in [6.45, 7) is 4.03. The number of nitrogens with one attached hydrogen (secondary N) is 1. The predicted molar refractivity (Wildman–Crippen MR) is 81.4 cm³/mol. The Morgan fingerprint density at radius 2 is 1.85 bits per heavy atom. The number of nitrogen functional groups attached to an aromatic ring is 1. The van der Waals surface area contributed by atoms with Crippen LogP contribution in [0.1, 0.15) is 21.5 Å². The van der Waals surface area contributed by atoms with Crippen LogP contribution >= 0.6 is 0 Å². The highest BCUT2D eigenvalue weighted by Gasteiger charge is 2.13. The zero-order valence-electron chi connectivity index (χ0n) is 11.9. The van der Waals surface area contributed by atoms with Crippen LogP contribution in [0.25, 0.3) is 0 Å². The first-order chi connectivity index (χ1) is 9.51. The number of hydrogen-bond donors (Lipinski definition) is 2. The molecule has 2 aromatic rings. The second-order valence-corrected chi connectivity index (χ2v) is 4.74. The molecule has 0 aliphatic heterocycles. The fraction of sp³-hybridized carbons (Fsp3) is 0.188. The average Bonchev–Trinajstić information content (AvgIpc) is 2.43. The van der Waals surface area contributed by atoms with Crippen LogP contribution in [-0.4, -0.2) is 13.1 Å². The van der Waals surface area contributed by atoms with Crippen LogP contribution in [0.4, 0.5) is 17.1 Å². The normalized spacial score (nSPS) is 10.2. The Hall–Kier alpha value is -2.49. The number of rotatable bonds is 3. The largest absolute Gasteiger partial charge is 0.465 e. The molecule has 0 aliphatic carbocycles. The number of aryl methyl sites for hydroxylation is 2. The Morgan fingerprint density at radius 3 is 2.55 bits per heavy atom. The van der Waals surface area contributed by atoms with E-state index in [0.717, 1.165) is 16.8 Å². The van der Waals surface area contributed by atoms with Gasteiger partial charge in [0.25, 0.3) is 0 Å². The molecule has 3 N–H and O–H groups in total. The lowest BCUT2D eigenvalue weighted by Gasteiger charge is -2.14. The first-order valence-electron chi connectivity index (χ1n) is 6.33. The van der Waals surface area contributed by atoms with Crippen LogP contribution in [0.15, 0.2) is 36.4 Å². The molecule has 20 heavy (non-hydrogen) atoms. The Kier molecular flexibility index (Phi) is 3.94. The predicted octanol–water partition coefficient (Wildman–Crippen LogP) is 3.42. The van der Waals surface area contributed by atoms with Gasteiger partial charge in [-0.3, -0.25) is 0 Å². The van der Waals surface area contributed by atoms with Gasteiger partial charge in [0.15, 0.2) is 0 Å². The molecule has 0 aromatic heterocycles. The van der Waals surface area contributed by atoms with Gasteiger partial charge < -0.3 is 15.8 Å². The lowest BCUT2D eigenvalue weighted by molar-refractivity contribution is 0.0602. The van der Waals surface area contributed by atoms with Crippen molar-refractivity contribution in [2.45, 2.75) is 13.8 Å². The van der Waals surface area contributed by atoms with Crippen molar-refractivity contribution in [2.24, 2.45) is 0 Å². The summed E-state index contributed by atoms with van der Waals surface area (Å²) < 4.78 is 4.79. The van der Waals surface area contributed by atoms with E-state index in [4.69, 9.17) is 10.5 Å². The first kappa shape index (κ1) is 13.9. The fourth-order valence-corrected chi connectivity index (χ4v) is 1.97. The van der Waals surface area contributed by atoms with E-state index in [2.05, 4.69) is 5.32 Å². The maximum absolute atomic E-state index is 11.8. The van der Waals surface area contributed by atoms with Crippen molar-refractivity contribution in [1.29, 1.82) is 0 Å². The van der Waals surface area contributed by atoms with Crippen LogP contribution in [0.5, 0.6) is 0 Å². The van der Waals surface area contributed by atoms with Gasteiger partial charge in [0.2, 0.25) is 0 Å². The molecule has 2 aromatic carbocycles. The number of esters is 1. The molecular weight excluding hydrogens is 252 g/mol. The molecule has 4 heteroatoms. The molecule has 104 valence electrons. The van der Waals surface area contributed by atoms with Crippen LogP contribution in [0.3, 0.4) is 0 Å². The van der Waals surface area contributed by atoms with E-state index >= 15 is 0 Å². The molecule has 0 radical (unpaired) electrons. The summed E-state index contributed by atoms with van der Waals surface area (Å²) in [6, 6.07) is 11.3. The van der Waals surface area contributed by atoms with E-state index in [1.807, 2.05) is 32.0 Å². The summed E-state index contributed by atoms with van der Waals surface area (Å²) in [5.74, 6) is -0.412. The fourth-order valence-electron chi connectivity index (χ4n) is 1.97. The topological polar surface area (TPSA) is 64.3 Å². The molecule has 0 spiro atoms. The van der Waals surface area contributed by atoms with Gasteiger partial charge in [0, 0.05) is 11.4 Å². The van der Waals surface area contributed by atoms with Gasteiger partial charge in [-0.2, -0.15) is 0 Å². The van der Waals surface area contributed by atoms with Crippen molar-refractivity contribution < 1.29 is 9.53 Å². The number of nitrogens with two attached hydrogens (primary N) is 1. The van der Waals surface area contributed by atoms with Crippen molar-refractivity contribution >= 4 is 23.0 Å². The smallest absolute Gasteiger partial charge is 0.340 e. The van der Waals surface area contributed by atoms with Gasteiger partial charge >= 0.3 is 5.97 Å². The number of carbonyl (C=O) groups excluding carboxylic acids is 1. The van der Waals surface area contributed by atoms with E-state index < -0.39 is 5.97 Å². The zero-order valence-corrected chi connectivity index (χ0v) is 11.9. The minimum Gasteiger partial charge on any atom is -0.465 e. The highest BCUT2D eigenvalue weighted by Crippen LogP contribution is 2.26. The molecule has 4 nitrogen and oxygen atoms in total. The molecule has 0 fully saturated rings. The van der Waals surface area contributed by atoms with Crippen LogP contribution in [-0.2, 0) is 4.74 Å². The molecule has 0 aliphatic rings. The molecule has 0 heterocycles. The summed E-state index contributed by atoms with van der Waals surface area (Å²) in [6.07, 6.45) is 0. The third-order valence-corrected chi connectivity index (χ3v) is 3.11. The molecule has 0 bridgehead atoms. The number of ether oxygens (including phenoxy) is 1. The number of benzene rings is 2. The number of carbonyl (C=O) groups is 1. The third-order valence-electron chi connectivity index (χ3n) is 3.11. The lowest BCUT2D eigenvalue weighted by Crippen LogP contribution is -2.07. The Labute approximate surface area is 118 Å². The molecule has 2 rings (SSSR count). The summed E-state index contributed by atoms with van der Waals surface area (Å²) in [7, 11) is 1.35. The third kappa shape index (κ3) is 2.91. The van der Waals surface area contributed by atoms with Crippen molar-refractivity contribution in [3.8, 4) is 0 Å². The quantitative estimate of drug-likeness (QED) is 0.662. The van der Waals surface area contributed by atoms with Gasteiger partial charge in [-0.05, 0) is 49.2 Å². The molecule has 0 atom stereocenters. The maximum Gasteiger partial charge on any atom is 0.340 e. The van der Waals surface area contributed by atoms with E-state index in [0.29, 0.717) is 16.9 Å². The van der Waals surface area contributed by atoms with Crippen LogP contribution in [0, 0.1) is 13.8 Å². The van der Waals surface area contributed by atoms with E-state index in [1.54, 1.807) is 18.2 Å². The summed E-state index contributed by atoms with van der Waals surface area (Å²) in [4.78, 5) is 11.8. The molecule has 0 saturated heterocycles. The second kappa shape index (κ2) is 5.65. The standard InChI is InChI=1S/C16H18N2O2/c1-10-4-5-11(2)15(8-10)18-14-7-6-12(17)9-13(14)16(19)20-3/h4-9,18H,17H2,1-3H3. The van der Waals surface area contributed by atoms with Gasteiger partial charge in [0.1, 0.15) is 0 Å². The maximum atomic E-state index is 11.8. The number of hydrogen-bond acceptors (Lipinski definition) is 4. The molecule has 0 saturated carbocycles. The zero-order chi connectivity index (χ0) is 14.7. The van der Waals surface area contributed by atoms with Crippen molar-refractivity contribution in [3.63, 3.8) is 0 Å². The van der Waals surface area contributed by atoms with Crippen LogP contribution < -0.4 is 11.1 Å². The van der Waals surface area contributed by atoms with Crippen LogP contribution in [0.2, 0.25) is 0 Å². The van der Waals surface area contributed by atoms with Crippen molar-refractivity contribution in [3.05, 3.63) is 53.1 Å². The Balaban J connectivity index is 2.43. The average molecular weight is 270 g/mol. The van der Waals surface area contributed by atoms with Crippen molar-refractivity contribution in [1.82, 2.24) is 0 Å². The van der Waals surface area contributed by atoms with E-state index in [-0.39, 0.29) is 0 Å².